The zero-order valence-electron chi connectivity index (χ0n) is 13.8. The van der Waals surface area contributed by atoms with Crippen molar-refractivity contribution in [1.82, 2.24) is 9.47 Å². The second kappa shape index (κ2) is 7.15. The quantitative estimate of drug-likeness (QED) is 0.737. The minimum Gasteiger partial charge on any atom is -0.446 e. The highest BCUT2D eigenvalue weighted by Crippen LogP contribution is 2.23. The Morgan fingerprint density at radius 1 is 1.26 bits per heavy atom. The molecule has 0 saturated heterocycles. The van der Waals surface area contributed by atoms with Crippen molar-refractivity contribution < 1.29 is 14.3 Å². The maximum atomic E-state index is 12.3. The highest BCUT2D eigenvalue weighted by atomic mass is 16.6. The Kier molecular flexibility index (Phi) is 4.98. The Bertz CT molecular complexity index is 674. The van der Waals surface area contributed by atoms with Crippen LogP contribution in [-0.4, -0.2) is 55.5 Å². The van der Waals surface area contributed by atoms with Crippen LogP contribution in [0.15, 0.2) is 30.5 Å². The lowest BCUT2D eigenvalue weighted by Crippen LogP contribution is -2.16. The van der Waals surface area contributed by atoms with E-state index in [-0.39, 0.29) is 6.09 Å². The minimum absolute atomic E-state index is 0.300. The molecule has 1 heterocycles. The van der Waals surface area contributed by atoms with Crippen LogP contribution in [0.5, 0.6) is 0 Å². The zero-order valence-corrected chi connectivity index (χ0v) is 13.8. The van der Waals surface area contributed by atoms with Gasteiger partial charge in [0.2, 0.25) is 0 Å². The molecule has 0 radical (unpaired) electrons. The van der Waals surface area contributed by atoms with Crippen LogP contribution in [0.2, 0.25) is 0 Å². The summed E-state index contributed by atoms with van der Waals surface area (Å²) in [4.78, 5) is 14.5. The van der Waals surface area contributed by atoms with Crippen molar-refractivity contribution in [3.05, 3.63) is 36.0 Å². The predicted molar refractivity (Wildman–Crippen MR) is 89.9 cm³/mol. The Morgan fingerprint density at radius 3 is 2.78 bits per heavy atom. The normalized spacial score (nSPS) is 14.6. The summed E-state index contributed by atoms with van der Waals surface area (Å²) in [6.45, 7) is 1.72. The number of rotatable bonds is 7. The van der Waals surface area contributed by atoms with Crippen molar-refractivity contribution in [2.75, 3.05) is 33.9 Å². The Labute approximate surface area is 136 Å². The fourth-order valence-corrected chi connectivity index (χ4v) is 2.59. The van der Waals surface area contributed by atoms with Gasteiger partial charge in [-0.05, 0) is 45.0 Å². The van der Waals surface area contributed by atoms with E-state index in [0.29, 0.717) is 19.3 Å². The second-order valence-corrected chi connectivity index (χ2v) is 6.28. The van der Waals surface area contributed by atoms with Gasteiger partial charge in [0, 0.05) is 18.1 Å². The third-order valence-corrected chi connectivity index (χ3v) is 4.01. The third kappa shape index (κ3) is 4.12. The maximum absolute atomic E-state index is 12.3. The van der Waals surface area contributed by atoms with Crippen molar-refractivity contribution in [3.63, 3.8) is 0 Å². The Morgan fingerprint density at radius 2 is 2.04 bits per heavy atom. The van der Waals surface area contributed by atoms with Crippen LogP contribution >= 0.6 is 0 Å². The van der Waals surface area contributed by atoms with Crippen LogP contribution in [0, 0.1) is 0 Å². The third-order valence-electron chi connectivity index (χ3n) is 4.01. The molecule has 1 aromatic carbocycles. The van der Waals surface area contributed by atoms with Crippen molar-refractivity contribution in [1.29, 1.82) is 0 Å². The predicted octanol–water partition coefficient (Wildman–Crippen LogP) is 2.91. The van der Waals surface area contributed by atoms with E-state index in [0.717, 1.165) is 36.7 Å². The lowest BCUT2D eigenvalue weighted by Gasteiger charge is -2.08. The van der Waals surface area contributed by atoms with E-state index in [4.69, 9.17) is 9.47 Å². The molecule has 23 heavy (non-hydrogen) atoms. The number of hydrogen-bond acceptors (Lipinski definition) is 4. The summed E-state index contributed by atoms with van der Waals surface area (Å²) in [6.07, 6.45) is 5.11. The summed E-state index contributed by atoms with van der Waals surface area (Å²) in [7, 11) is 4.10. The molecule has 0 bridgehead atoms. The SMILES string of the molecule is CN(C)CCc1cn(C(=O)OCCOC2CC2)c2ccccc12. The van der Waals surface area contributed by atoms with Gasteiger partial charge in [0.05, 0.1) is 18.2 Å². The van der Waals surface area contributed by atoms with Gasteiger partial charge in [0.25, 0.3) is 0 Å². The first-order valence-corrected chi connectivity index (χ1v) is 8.17. The number of para-hydroxylation sites is 1. The first-order chi connectivity index (χ1) is 11.1. The number of hydrogen-bond donors (Lipinski definition) is 0. The maximum Gasteiger partial charge on any atom is 0.418 e. The summed E-state index contributed by atoms with van der Waals surface area (Å²) < 4.78 is 12.5. The lowest BCUT2D eigenvalue weighted by molar-refractivity contribution is 0.0650. The van der Waals surface area contributed by atoms with Crippen LogP contribution in [0.3, 0.4) is 0 Å². The molecule has 0 amide bonds. The number of fused-ring (bicyclic) bond motifs is 1. The van der Waals surface area contributed by atoms with Gasteiger partial charge in [-0.15, -0.1) is 0 Å². The number of carbonyl (C=O) groups is 1. The van der Waals surface area contributed by atoms with Crippen LogP contribution in [0.4, 0.5) is 4.79 Å². The first kappa shape index (κ1) is 16.0. The molecule has 1 fully saturated rings. The van der Waals surface area contributed by atoms with Gasteiger partial charge in [-0.1, -0.05) is 18.2 Å². The molecule has 3 rings (SSSR count). The molecule has 1 aromatic heterocycles. The summed E-state index contributed by atoms with van der Waals surface area (Å²) in [5.41, 5.74) is 2.06. The number of carbonyl (C=O) groups excluding carboxylic acids is 1. The van der Waals surface area contributed by atoms with Crippen molar-refractivity contribution in [2.45, 2.75) is 25.4 Å². The summed E-state index contributed by atoms with van der Waals surface area (Å²) in [5.74, 6) is 0. The number of likely N-dealkylation sites (N-methyl/N-ethyl adjacent to an activating group) is 1. The molecular formula is C18H24N2O3. The molecule has 0 aliphatic heterocycles. The molecular weight excluding hydrogens is 292 g/mol. The van der Waals surface area contributed by atoms with E-state index in [9.17, 15) is 4.79 Å². The molecule has 0 unspecified atom stereocenters. The Balaban J connectivity index is 1.69. The molecule has 0 spiro atoms. The van der Waals surface area contributed by atoms with E-state index < -0.39 is 0 Å². The van der Waals surface area contributed by atoms with Gasteiger partial charge in [-0.2, -0.15) is 0 Å². The molecule has 5 nitrogen and oxygen atoms in total. The van der Waals surface area contributed by atoms with Crippen molar-refractivity contribution >= 4 is 17.0 Å². The van der Waals surface area contributed by atoms with Crippen LogP contribution in [-0.2, 0) is 15.9 Å². The van der Waals surface area contributed by atoms with Gasteiger partial charge in [-0.25, -0.2) is 4.79 Å². The summed E-state index contributed by atoms with van der Waals surface area (Å²) in [5, 5.41) is 1.11. The van der Waals surface area contributed by atoms with E-state index in [1.807, 2.05) is 38.5 Å². The fraction of sp³-hybridized carbons (Fsp3) is 0.500. The van der Waals surface area contributed by atoms with Crippen LogP contribution in [0.1, 0.15) is 18.4 Å². The molecule has 1 aliphatic rings. The average molecular weight is 316 g/mol. The number of aromatic nitrogens is 1. The fourth-order valence-electron chi connectivity index (χ4n) is 2.59. The van der Waals surface area contributed by atoms with E-state index in [1.54, 1.807) is 4.57 Å². The lowest BCUT2D eigenvalue weighted by atomic mass is 10.1. The molecule has 0 N–H and O–H groups in total. The van der Waals surface area contributed by atoms with Gasteiger partial charge < -0.3 is 14.4 Å². The molecule has 0 atom stereocenters. The summed E-state index contributed by atoms with van der Waals surface area (Å²) in [6, 6.07) is 7.95. The van der Waals surface area contributed by atoms with Gasteiger partial charge in [0.1, 0.15) is 6.61 Å². The van der Waals surface area contributed by atoms with E-state index >= 15 is 0 Å². The van der Waals surface area contributed by atoms with Gasteiger partial charge in [0.15, 0.2) is 0 Å². The number of ether oxygens (including phenoxy) is 2. The average Bonchev–Trinajstić information content (AvgIpc) is 3.29. The van der Waals surface area contributed by atoms with E-state index in [1.165, 1.54) is 5.56 Å². The molecule has 1 aliphatic carbocycles. The highest BCUT2D eigenvalue weighted by molar-refractivity contribution is 5.91. The standard InChI is InChI=1S/C18H24N2O3/c1-19(2)10-9-14-13-20(17-6-4-3-5-16(14)17)18(21)23-12-11-22-15-7-8-15/h3-6,13,15H,7-12H2,1-2H3. The van der Waals surface area contributed by atoms with Gasteiger partial charge >= 0.3 is 6.09 Å². The molecule has 5 heteroatoms. The molecule has 124 valence electrons. The van der Waals surface area contributed by atoms with Crippen molar-refractivity contribution in [3.8, 4) is 0 Å². The summed E-state index contributed by atoms with van der Waals surface area (Å²) >= 11 is 0. The Hall–Kier alpha value is -1.85. The monoisotopic (exact) mass is 316 g/mol. The zero-order chi connectivity index (χ0) is 16.2. The van der Waals surface area contributed by atoms with Crippen molar-refractivity contribution in [2.24, 2.45) is 0 Å². The largest absolute Gasteiger partial charge is 0.446 e. The van der Waals surface area contributed by atoms with E-state index in [2.05, 4.69) is 11.0 Å². The first-order valence-electron chi connectivity index (χ1n) is 8.17. The topological polar surface area (TPSA) is 43.7 Å². The van der Waals surface area contributed by atoms with Crippen LogP contribution in [0.25, 0.3) is 10.9 Å². The minimum atomic E-state index is -0.336. The molecule has 2 aromatic rings. The van der Waals surface area contributed by atoms with Gasteiger partial charge in [-0.3, -0.25) is 4.57 Å². The molecule has 1 saturated carbocycles. The highest BCUT2D eigenvalue weighted by Gasteiger charge is 2.22. The van der Waals surface area contributed by atoms with Crippen LogP contribution < -0.4 is 0 Å². The number of nitrogens with zero attached hydrogens (tertiary/aromatic N) is 2. The number of benzene rings is 1. The smallest absolute Gasteiger partial charge is 0.418 e. The second-order valence-electron chi connectivity index (χ2n) is 6.28.